The van der Waals surface area contributed by atoms with Gasteiger partial charge in [-0.1, -0.05) is 0 Å². The van der Waals surface area contributed by atoms with E-state index in [0.717, 1.165) is 16.8 Å². The molecule has 0 atom stereocenters. The van der Waals surface area contributed by atoms with Crippen molar-refractivity contribution in [3.8, 4) is 0 Å². The second-order valence-electron chi connectivity index (χ2n) is 4.22. The quantitative estimate of drug-likeness (QED) is 0.872. The van der Waals surface area contributed by atoms with Crippen LogP contribution in [-0.2, 0) is 6.54 Å². The first-order valence-electron chi connectivity index (χ1n) is 5.60. The number of aryl methyl sites for hydroxylation is 2. The first kappa shape index (κ1) is 12.3. The molecule has 2 N–H and O–H groups in total. The van der Waals surface area contributed by atoms with Gasteiger partial charge >= 0.3 is 0 Å². The Morgan fingerprint density at radius 2 is 2.17 bits per heavy atom. The van der Waals surface area contributed by atoms with Crippen molar-refractivity contribution in [3.05, 3.63) is 52.6 Å². The third-order valence-corrected chi connectivity index (χ3v) is 2.68. The minimum Gasteiger partial charge on any atom is -0.348 e. The molecule has 2 aromatic rings. The molecule has 4 nitrogen and oxygen atoms in total. The summed E-state index contributed by atoms with van der Waals surface area (Å²) in [6.45, 7) is 4.00. The van der Waals surface area contributed by atoms with Crippen LogP contribution < -0.4 is 5.32 Å². The zero-order chi connectivity index (χ0) is 13.1. The number of hydrogen-bond acceptors (Lipinski definition) is 2. The maximum absolute atomic E-state index is 13.2. The third kappa shape index (κ3) is 2.74. The summed E-state index contributed by atoms with van der Waals surface area (Å²) in [6.07, 6.45) is 1.66. The van der Waals surface area contributed by atoms with Gasteiger partial charge in [-0.05, 0) is 37.6 Å². The second kappa shape index (κ2) is 5.00. The molecule has 0 saturated heterocycles. The van der Waals surface area contributed by atoms with Gasteiger partial charge in [-0.2, -0.15) is 5.10 Å². The highest BCUT2D eigenvalue weighted by atomic mass is 19.1. The van der Waals surface area contributed by atoms with Crippen LogP contribution in [0.4, 0.5) is 4.39 Å². The molecule has 0 spiro atoms. The van der Waals surface area contributed by atoms with E-state index >= 15 is 0 Å². The Morgan fingerprint density at radius 1 is 1.39 bits per heavy atom. The normalized spacial score (nSPS) is 10.4. The van der Waals surface area contributed by atoms with Gasteiger partial charge in [0.1, 0.15) is 5.82 Å². The molecule has 0 unspecified atom stereocenters. The molecule has 2 rings (SSSR count). The molecule has 1 aromatic heterocycles. The predicted octanol–water partition coefficient (Wildman–Crippen LogP) is 2.10. The molecule has 0 fully saturated rings. The number of carbonyl (C=O) groups excluding carboxylic acids is 1. The van der Waals surface area contributed by atoms with Crippen LogP contribution in [0.5, 0.6) is 0 Å². The smallest absolute Gasteiger partial charge is 0.251 e. The summed E-state index contributed by atoms with van der Waals surface area (Å²) in [5.74, 6) is -0.696. The zero-order valence-corrected chi connectivity index (χ0v) is 10.2. The molecular weight excluding hydrogens is 233 g/mol. The van der Waals surface area contributed by atoms with E-state index in [1.165, 1.54) is 12.1 Å². The maximum atomic E-state index is 13.2. The van der Waals surface area contributed by atoms with Crippen LogP contribution in [0.25, 0.3) is 0 Å². The number of nitrogens with one attached hydrogen (secondary N) is 2. The summed E-state index contributed by atoms with van der Waals surface area (Å²) in [6, 6.07) is 4.27. The Kier molecular flexibility index (Phi) is 3.41. The summed E-state index contributed by atoms with van der Waals surface area (Å²) in [5.41, 5.74) is 2.87. The van der Waals surface area contributed by atoms with Gasteiger partial charge in [0, 0.05) is 23.4 Å². The standard InChI is InChI=1S/C13H14FN3O/c1-8-3-10(5-12(14)4-8)13(18)15-6-11-7-16-17-9(11)2/h3-5,7H,6H2,1-2H3,(H,15,18)(H,16,17). The van der Waals surface area contributed by atoms with Crippen LogP contribution in [0.1, 0.15) is 27.2 Å². The third-order valence-electron chi connectivity index (χ3n) is 2.68. The summed E-state index contributed by atoms with van der Waals surface area (Å²) in [4.78, 5) is 11.8. The average molecular weight is 247 g/mol. The van der Waals surface area contributed by atoms with Gasteiger partial charge < -0.3 is 5.32 Å². The van der Waals surface area contributed by atoms with E-state index < -0.39 is 5.82 Å². The summed E-state index contributed by atoms with van der Waals surface area (Å²) < 4.78 is 13.2. The van der Waals surface area contributed by atoms with Crippen molar-refractivity contribution in [2.24, 2.45) is 0 Å². The van der Waals surface area contributed by atoms with Crippen LogP contribution in [0.3, 0.4) is 0 Å². The van der Waals surface area contributed by atoms with Gasteiger partial charge in [-0.15, -0.1) is 0 Å². The highest BCUT2D eigenvalue weighted by Gasteiger charge is 2.08. The van der Waals surface area contributed by atoms with E-state index in [9.17, 15) is 9.18 Å². The van der Waals surface area contributed by atoms with Crippen LogP contribution in [0.15, 0.2) is 24.4 Å². The van der Waals surface area contributed by atoms with Gasteiger partial charge in [0.05, 0.1) is 6.20 Å². The SMILES string of the molecule is Cc1cc(F)cc(C(=O)NCc2cn[nH]c2C)c1. The van der Waals surface area contributed by atoms with Gasteiger partial charge in [-0.25, -0.2) is 4.39 Å². The first-order valence-corrected chi connectivity index (χ1v) is 5.60. The number of benzene rings is 1. The fourth-order valence-electron chi connectivity index (χ4n) is 1.70. The minimum absolute atomic E-state index is 0.293. The zero-order valence-electron chi connectivity index (χ0n) is 10.2. The topological polar surface area (TPSA) is 57.8 Å². The molecule has 0 aliphatic heterocycles. The molecule has 0 aliphatic carbocycles. The molecule has 1 aromatic carbocycles. The van der Waals surface area contributed by atoms with Crippen molar-refractivity contribution in [1.82, 2.24) is 15.5 Å². The fraction of sp³-hybridized carbons (Fsp3) is 0.231. The molecule has 18 heavy (non-hydrogen) atoms. The molecule has 94 valence electrons. The van der Waals surface area contributed by atoms with E-state index in [0.29, 0.717) is 12.1 Å². The molecule has 0 saturated carbocycles. The Balaban J connectivity index is 2.06. The molecule has 5 heteroatoms. The lowest BCUT2D eigenvalue weighted by atomic mass is 10.1. The molecule has 1 heterocycles. The fourth-order valence-corrected chi connectivity index (χ4v) is 1.70. The van der Waals surface area contributed by atoms with Gasteiger partial charge in [0.2, 0.25) is 0 Å². The first-order chi connectivity index (χ1) is 8.56. The lowest BCUT2D eigenvalue weighted by Gasteiger charge is -2.05. The van der Waals surface area contributed by atoms with Gasteiger partial charge in [0.15, 0.2) is 0 Å². The second-order valence-corrected chi connectivity index (χ2v) is 4.22. The Bertz CT molecular complexity index is 557. The highest BCUT2D eigenvalue weighted by molar-refractivity contribution is 5.94. The number of halogens is 1. The largest absolute Gasteiger partial charge is 0.348 e. The lowest BCUT2D eigenvalue weighted by Crippen LogP contribution is -2.23. The maximum Gasteiger partial charge on any atom is 0.251 e. The van der Waals surface area contributed by atoms with Crippen LogP contribution >= 0.6 is 0 Å². The number of aromatic nitrogens is 2. The highest BCUT2D eigenvalue weighted by Crippen LogP contribution is 2.09. The van der Waals surface area contributed by atoms with Crippen molar-refractivity contribution in [2.75, 3.05) is 0 Å². The Hall–Kier alpha value is -2.17. The molecule has 1 amide bonds. The summed E-state index contributed by atoms with van der Waals surface area (Å²) in [7, 11) is 0. The number of hydrogen-bond donors (Lipinski definition) is 2. The monoisotopic (exact) mass is 247 g/mol. The van der Waals surface area contributed by atoms with E-state index in [4.69, 9.17) is 0 Å². The number of carbonyl (C=O) groups is 1. The van der Waals surface area contributed by atoms with Gasteiger partial charge in [-0.3, -0.25) is 9.89 Å². The van der Waals surface area contributed by atoms with E-state index in [-0.39, 0.29) is 5.91 Å². The van der Waals surface area contributed by atoms with Crippen molar-refractivity contribution >= 4 is 5.91 Å². The van der Waals surface area contributed by atoms with Crippen LogP contribution in [0.2, 0.25) is 0 Å². The minimum atomic E-state index is -0.403. The Morgan fingerprint density at radius 3 is 2.78 bits per heavy atom. The van der Waals surface area contributed by atoms with Crippen molar-refractivity contribution in [2.45, 2.75) is 20.4 Å². The average Bonchev–Trinajstić information content (AvgIpc) is 2.70. The molecular formula is C13H14FN3O. The van der Waals surface area contributed by atoms with Crippen LogP contribution in [-0.4, -0.2) is 16.1 Å². The van der Waals surface area contributed by atoms with Crippen molar-refractivity contribution in [3.63, 3.8) is 0 Å². The van der Waals surface area contributed by atoms with E-state index in [2.05, 4.69) is 15.5 Å². The number of nitrogens with zero attached hydrogens (tertiary/aromatic N) is 1. The predicted molar refractivity (Wildman–Crippen MR) is 65.6 cm³/mol. The summed E-state index contributed by atoms with van der Waals surface area (Å²) >= 11 is 0. The number of aromatic amines is 1. The molecule has 0 aliphatic rings. The number of rotatable bonds is 3. The van der Waals surface area contributed by atoms with Gasteiger partial charge in [0.25, 0.3) is 5.91 Å². The number of amides is 1. The Labute approximate surface area is 104 Å². The van der Waals surface area contributed by atoms with Crippen molar-refractivity contribution < 1.29 is 9.18 Å². The van der Waals surface area contributed by atoms with Crippen molar-refractivity contribution in [1.29, 1.82) is 0 Å². The van der Waals surface area contributed by atoms with E-state index in [1.54, 1.807) is 19.2 Å². The molecule has 0 bridgehead atoms. The number of H-pyrrole nitrogens is 1. The molecule has 0 radical (unpaired) electrons. The lowest BCUT2D eigenvalue weighted by molar-refractivity contribution is 0.0950. The van der Waals surface area contributed by atoms with E-state index in [1.807, 2.05) is 6.92 Å². The summed E-state index contributed by atoms with van der Waals surface area (Å²) in [5, 5.41) is 9.38. The van der Waals surface area contributed by atoms with Crippen LogP contribution in [0, 0.1) is 19.7 Å².